The predicted octanol–water partition coefficient (Wildman–Crippen LogP) is 6.33. The van der Waals surface area contributed by atoms with E-state index in [4.69, 9.17) is 4.74 Å². The van der Waals surface area contributed by atoms with Gasteiger partial charge in [-0.05, 0) is 79.8 Å². The van der Waals surface area contributed by atoms with Crippen molar-refractivity contribution in [2.45, 2.75) is 76.2 Å². The van der Waals surface area contributed by atoms with Gasteiger partial charge in [0.1, 0.15) is 11.9 Å². The molecule has 5 nitrogen and oxygen atoms in total. The number of amides is 1. The van der Waals surface area contributed by atoms with E-state index in [1.807, 2.05) is 42.5 Å². The molecule has 7 rings (SSSR count). The maximum Gasteiger partial charge on any atom is 0.246 e. The molecule has 4 aliphatic rings. The van der Waals surface area contributed by atoms with Crippen LogP contribution in [0.2, 0.25) is 0 Å². The minimum Gasteiger partial charge on any atom is -0.487 e. The number of aryl methyl sites for hydroxylation is 1. The van der Waals surface area contributed by atoms with Crippen molar-refractivity contribution >= 4 is 12.0 Å². The third-order valence-corrected chi connectivity index (χ3v) is 10.6. The highest BCUT2D eigenvalue weighted by Crippen LogP contribution is 2.62. The lowest BCUT2D eigenvalue weighted by Gasteiger charge is -2.60. The van der Waals surface area contributed by atoms with Crippen molar-refractivity contribution in [2.24, 2.45) is 11.8 Å². The van der Waals surface area contributed by atoms with Gasteiger partial charge in [0.25, 0.3) is 0 Å². The molecule has 2 aliphatic heterocycles. The molecule has 3 aromatic carbocycles. The fourth-order valence-electron chi connectivity index (χ4n) is 8.94. The van der Waals surface area contributed by atoms with Crippen LogP contribution in [-0.4, -0.2) is 58.6 Å². The molecule has 0 aromatic heterocycles. The third kappa shape index (κ3) is 4.91. The van der Waals surface area contributed by atoms with Gasteiger partial charge >= 0.3 is 0 Å². The predicted molar refractivity (Wildman–Crippen MR) is 171 cm³/mol. The first-order valence-electron chi connectivity index (χ1n) is 16.2. The number of β-amino-alcohol motifs (C(OH)–C–C–N with tert-alkyl or cyclic N) is 1. The Morgan fingerprint density at radius 3 is 2.70 bits per heavy atom. The molecule has 1 amide bonds. The van der Waals surface area contributed by atoms with Crippen LogP contribution in [0.4, 0.5) is 0 Å². The van der Waals surface area contributed by atoms with Crippen molar-refractivity contribution in [3.63, 3.8) is 0 Å². The summed E-state index contributed by atoms with van der Waals surface area (Å²) >= 11 is 0. The van der Waals surface area contributed by atoms with E-state index >= 15 is 0 Å². The van der Waals surface area contributed by atoms with Crippen molar-refractivity contribution in [2.75, 3.05) is 19.6 Å². The van der Waals surface area contributed by atoms with Gasteiger partial charge in [-0.15, -0.1) is 0 Å². The number of likely N-dealkylation sites (tertiary alicyclic amines) is 1. The van der Waals surface area contributed by atoms with E-state index in [0.717, 1.165) is 49.1 Å². The summed E-state index contributed by atoms with van der Waals surface area (Å²) in [6.07, 6.45) is 7.15. The summed E-state index contributed by atoms with van der Waals surface area (Å²) in [6, 6.07) is 25.3. The molecule has 1 saturated carbocycles. The van der Waals surface area contributed by atoms with Gasteiger partial charge in [0, 0.05) is 36.2 Å². The quantitative estimate of drug-likeness (QED) is 0.318. The number of aliphatic hydroxyl groups excluding tert-OH is 1. The molecule has 6 atom stereocenters. The molecule has 5 heteroatoms. The Kier molecular flexibility index (Phi) is 7.43. The Balaban J connectivity index is 1.21. The van der Waals surface area contributed by atoms with Gasteiger partial charge in [-0.1, -0.05) is 86.1 Å². The lowest BCUT2D eigenvalue weighted by atomic mass is 9.51. The van der Waals surface area contributed by atoms with Crippen molar-refractivity contribution in [3.8, 4) is 5.75 Å². The van der Waals surface area contributed by atoms with Crippen molar-refractivity contribution in [1.29, 1.82) is 0 Å². The average molecular weight is 577 g/mol. The van der Waals surface area contributed by atoms with Gasteiger partial charge in [0.05, 0.1) is 12.1 Å². The van der Waals surface area contributed by atoms with Crippen LogP contribution in [0.25, 0.3) is 6.08 Å². The second kappa shape index (κ2) is 11.3. The van der Waals surface area contributed by atoms with Crippen molar-refractivity contribution in [1.82, 2.24) is 9.80 Å². The summed E-state index contributed by atoms with van der Waals surface area (Å²) in [6.45, 7) is 8.76. The lowest BCUT2D eigenvalue weighted by Crippen LogP contribution is -2.69. The zero-order valence-electron chi connectivity index (χ0n) is 25.7. The van der Waals surface area contributed by atoms with Gasteiger partial charge < -0.3 is 14.7 Å². The lowest BCUT2D eigenvalue weighted by molar-refractivity contribution is -0.139. The summed E-state index contributed by atoms with van der Waals surface area (Å²) in [5, 5.41) is 11.2. The fourth-order valence-corrected chi connectivity index (χ4v) is 8.94. The zero-order valence-corrected chi connectivity index (χ0v) is 25.7. The number of aliphatic hydroxyl groups is 1. The Bertz CT molecular complexity index is 1520. The third-order valence-electron chi connectivity index (χ3n) is 10.6. The number of carbonyl (C=O) groups excluding carboxylic acids is 1. The smallest absolute Gasteiger partial charge is 0.246 e. The second-order valence-corrected chi connectivity index (χ2v) is 13.7. The monoisotopic (exact) mass is 576 g/mol. The second-order valence-electron chi connectivity index (χ2n) is 13.7. The molecule has 0 radical (unpaired) electrons. The SMILES string of the molecule is Cc1cccc(C=CC(=O)N(CC(C)C)[C@@H]2CC[C@H]3[C@H]4Cc5cccc6c5[C@@]3(CCN4CC(O)c3ccccc3)[C@H]2O6)c1. The number of rotatable bonds is 8. The number of piperidine rings is 1. The molecule has 2 heterocycles. The Labute approximate surface area is 256 Å². The number of benzene rings is 3. The van der Waals surface area contributed by atoms with Crippen LogP contribution in [0.1, 0.15) is 67.0 Å². The number of hydrogen-bond acceptors (Lipinski definition) is 4. The van der Waals surface area contributed by atoms with E-state index in [1.54, 1.807) is 6.08 Å². The van der Waals surface area contributed by atoms with Crippen molar-refractivity contribution in [3.05, 3.63) is 107 Å². The molecule has 2 fully saturated rings. The van der Waals surface area contributed by atoms with Gasteiger partial charge in [-0.2, -0.15) is 0 Å². The highest BCUT2D eigenvalue weighted by molar-refractivity contribution is 5.92. The maximum absolute atomic E-state index is 14.0. The van der Waals surface area contributed by atoms with E-state index < -0.39 is 6.10 Å². The molecule has 2 aliphatic carbocycles. The Hall–Kier alpha value is -3.41. The number of hydrogen-bond donors (Lipinski definition) is 1. The summed E-state index contributed by atoms with van der Waals surface area (Å²) < 4.78 is 6.98. The minimum absolute atomic E-state index is 0.0220. The molecule has 2 bridgehead atoms. The molecule has 1 spiro atoms. The fraction of sp³-hybridized carbons (Fsp3) is 0.447. The van der Waals surface area contributed by atoms with Crippen LogP contribution in [-0.2, 0) is 16.6 Å². The number of ether oxygens (including phenoxy) is 1. The summed E-state index contributed by atoms with van der Waals surface area (Å²) in [5.41, 5.74) is 5.93. The van der Waals surface area contributed by atoms with Crippen LogP contribution in [0.15, 0.2) is 78.9 Å². The molecule has 1 saturated heterocycles. The molecule has 1 unspecified atom stereocenters. The van der Waals surface area contributed by atoms with E-state index in [-0.39, 0.29) is 23.5 Å². The average Bonchev–Trinajstić information content (AvgIpc) is 3.35. The highest BCUT2D eigenvalue weighted by Gasteiger charge is 2.66. The largest absolute Gasteiger partial charge is 0.487 e. The standard InChI is InChI=1S/C38H44N2O3/c1-25(2)23-40(35(42)18-15-27-10-7-9-26(3)21-27)31-17-16-30-32-22-29-13-8-14-34-36(29)38(30,37(31)43-34)19-20-39(32)24-33(41)28-11-5-4-6-12-28/h4-15,18,21,25,30-33,37,41H,16-17,19-20,22-24H2,1-3H3/t30-,31+,32+,33?,37-,38-/m0/s1. The van der Waals surface area contributed by atoms with E-state index in [0.29, 0.717) is 31.0 Å². The first kappa shape index (κ1) is 28.4. The van der Waals surface area contributed by atoms with Crippen LogP contribution in [0.3, 0.4) is 0 Å². The first-order valence-corrected chi connectivity index (χ1v) is 16.2. The van der Waals surface area contributed by atoms with E-state index in [1.165, 1.54) is 16.7 Å². The first-order chi connectivity index (χ1) is 20.8. The van der Waals surface area contributed by atoms with Gasteiger partial charge in [-0.25, -0.2) is 0 Å². The Morgan fingerprint density at radius 2 is 1.91 bits per heavy atom. The van der Waals surface area contributed by atoms with Crippen LogP contribution in [0.5, 0.6) is 5.75 Å². The summed E-state index contributed by atoms with van der Waals surface area (Å²) in [4.78, 5) is 18.7. The molecular weight excluding hydrogens is 532 g/mol. The molecule has 43 heavy (non-hydrogen) atoms. The van der Waals surface area contributed by atoms with Crippen LogP contribution in [0, 0.1) is 18.8 Å². The molecular formula is C38H44N2O3. The Morgan fingerprint density at radius 1 is 1.09 bits per heavy atom. The van der Waals surface area contributed by atoms with E-state index in [9.17, 15) is 9.90 Å². The highest BCUT2D eigenvalue weighted by atomic mass is 16.5. The maximum atomic E-state index is 14.0. The normalized spacial score (nSPS) is 28.0. The van der Waals surface area contributed by atoms with Gasteiger partial charge in [-0.3, -0.25) is 9.69 Å². The number of carbonyl (C=O) groups is 1. The van der Waals surface area contributed by atoms with E-state index in [2.05, 4.69) is 67.0 Å². The molecule has 224 valence electrons. The van der Waals surface area contributed by atoms with Crippen LogP contribution >= 0.6 is 0 Å². The van der Waals surface area contributed by atoms with Gasteiger partial charge in [0.15, 0.2) is 0 Å². The zero-order chi connectivity index (χ0) is 29.7. The van der Waals surface area contributed by atoms with Gasteiger partial charge in [0.2, 0.25) is 5.91 Å². The van der Waals surface area contributed by atoms with Crippen LogP contribution < -0.4 is 4.74 Å². The summed E-state index contributed by atoms with van der Waals surface area (Å²) in [7, 11) is 0. The summed E-state index contributed by atoms with van der Waals surface area (Å²) in [5.74, 6) is 1.90. The number of nitrogens with zero attached hydrogens (tertiary/aromatic N) is 2. The minimum atomic E-state index is -0.505. The molecule has 3 aromatic rings. The van der Waals surface area contributed by atoms with Crippen molar-refractivity contribution < 1.29 is 14.6 Å². The molecule has 1 N–H and O–H groups in total. The topological polar surface area (TPSA) is 53.0 Å².